The van der Waals surface area contributed by atoms with E-state index in [1.165, 1.54) is 56.6 Å². The first kappa shape index (κ1) is 29.1. The predicted octanol–water partition coefficient (Wildman–Crippen LogP) is 5.34. The Balaban J connectivity index is 1.38. The van der Waals surface area contributed by atoms with Crippen LogP contribution < -0.4 is 4.90 Å². The molecule has 0 atom stereocenters. The van der Waals surface area contributed by atoms with Gasteiger partial charge in [0.15, 0.2) is 0 Å². The molecular weight excluding hydrogens is 557 g/mol. The summed E-state index contributed by atoms with van der Waals surface area (Å²) in [6, 6.07) is 21.8. The Morgan fingerprint density at radius 1 is 0.833 bits per heavy atom. The molecule has 0 bridgehead atoms. The second-order valence-electron chi connectivity index (χ2n) is 9.88. The maximum absolute atomic E-state index is 14.2. The van der Waals surface area contributed by atoms with Crippen molar-refractivity contribution >= 4 is 44.2 Å². The molecule has 0 saturated heterocycles. The lowest BCUT2D eigenvalue weighted by atomic mass is 9.94. The van der Waals surface area contributed by atoms with Gasteiger partial charge in [-0.15, -0.1) is 0 Å². The van der Waals surface area contributed by atoms with Gasteiger partial charge in [-0.1, -0.05) is 44.2 Å². The van der Waals surface area contributed by atoms with Gasteiger partial charge in [-0.2, -0.15) is 4.31 Å². The molecule has 0 aromatic heterocycles. The highest BCUT2D eigenvalue weighted by molar-refractivity contribution is 7.89. The van der Waals surface area contributed by atoms with Crippen LogP contribution in [0.5, 0.6) is 0 Å². The van der Waals surface area contributed by atoms with E-state index in [2.05, 4.69) is 0 Å². The van der Waals surface area contributed by atoms with Crippen molar-refractivity contribution < 1.29 is 27.2 Å². The SMILES string of the molecule is CCN(CC)S(=O)(=O)c1ccc(C(=O)N(CCCN2C(=O)c3cccc4cccc(c34)C2=O)c2cccc(F)c2)cc1. The number of halogens is 1. The Kier molecular flexibility index (Phi) is 8.20. The van der Waals surface area contributed by atoms with Crippen molar-refractivity contribution in [1.29, 1.82) is 0 Å². The van der Waals surface area contributed by atoms with E-state index in [0.29, 0.717) is 35.3 Å². The highest BCUT2D eigenvalue weighted by Gasteiger charge is 2.32. The predicted molar refractivity (Wildman–Crippen MR) is 159 cm³/mol. The fraction of sp³-hybridized carbons (Fsp3) is 0.219. The van der Waals surface area contributed by atoms with Gasteiger partial charge < -0.3 is 4.90 Å². The van der Waals surface area contributed by atoms with Gasteiger partial charge in [0.25, 0.3) is 17.7 Å². The number of carbonyl (C=O) groups is 3. The molecule has 0 N–H and O–H groups in total. The minimum Gasteiger partial charge on any atom is -0.308 e. The molecule has 8 nitrogen and oxygen atoms in total. The summed E-state index contributed by atoms with van der Waals surface area (Å²) in [5.41, 5.74) is 1.40. The second kappa shape index (κ2) is 11.8. The molecule has 4 aromatic rings. The molecule has 216 valence electrons. The lowest BCUT2D eigenvalue weighted by Gasteiger charge is -2.29. The van der Waals surface area contributed by atoms with E-state index in [9.17, 15) is 27.2 Å². The number of rotatable bonds is 10. The number of nitrogens with zero attached hydrogens (tertiary/aromatic N) is 3. The number of hydrogen-bond acceptors (Lipinski definition) is 5. The average Bonchev–Trinajstić information content (AvgIpc) is 2.99. The molecule has 4 aromatic carbocycles. The fourth-order valence-corrected chi connectivity index (χ4v) is 6.76. The van der Waals surface area contributed by atoms with E-state index >= 15 is 0 Å². The van der Waals surface area contributed by atoms with Crippen LogP contribution in [0.2, 0.25) is 0 Å². The van der Waals surface area contributed by atoms with E-state index < -0.39 is 33.6 Å². The van der Waals surface area contributed by atoms with Gasteiger partial charge in [0.05, 0.1) is 4.90 Å². The molecule has 5 rings (SSSR count). The van der Waals surface area contributed by atoms with Crippen LogP contribution >= 0.6 is 0 Å². The molecule has 1 heterocycles. The van der Waals surface area contributed by atoms with E-state index in [4.69, 9.17) is 0 Å². The zero-order valence-electron chi connectivity index (χ0n) is 23.3. The molecule has 0 saturated carbocycles. The first-order valence-electron chi connectivity index (χ1n) is 13.7. The molecule has 0 radical (unpaired) electrons. The fourth-order valence-electron chi connectivity index (χ4n) is 5.30. The van der Waals surface area contributed by atoms with Crippen LogP contribution in [0, 0.1) is 5.82 Å². The van der Waals surface area contributed by atoms with Gasteiger partial charge in [-0.25, -0.2) is 12.8 Å². The standard InChI is InChI=1S/C32H30FN3O5S/c1-3-34(4-2)42(40,41)26-17-15-23(16-18-26)30(37)35(25-12-7-11-24(33)21-25)19-8-20-36-31(38)27-13-5-9-22-10-6-14-28(29(22)27)32(36)39/h5-7,9-18,21H,3-4,8,19-20H2,1-2H3. The number of sulfonamides is 1. The summed E-state index contributed by atoms with van der Waals surface area (Å²) in [7, 11) is -3.70. The molecule has 1 aliphatic heterocycles. The van der Waals surface area contributed by atoms with Crippen molar-refractivity contribution in [3.63, 3.8) is 0 Å². The summed E-state index contributed by atoms with van der Waals surface area (Å²) in [5.74, 6) is -1.81. The molecule has 10 heteroatoms. The second-order valence-corrected chi connectivity index (χ2v) is 11.8. The van der Waals surface area contributed by atoms with Gasteiger partial charge in [0.2, 0.25) is 10.0 Å². The summed E-state index contributed by atoms with van der Waals surface area (Å²) < 4.78 is 41.3. The van der Waals surface area contributed by atoms with Crippen molar-refractivity contribution in [3.8, 4) is 0 Å². The zero-order valence-corrected chi connectivity index (χ0v) is 24.1. The number of amides is 3. The van der Waals surface area contributed by atoms with Crippen LogP contribution in [0.25, 0.3) is 10.8 Å². The third-order valence-corrected chi connectivity index (χ3v) is 9.49. The van der Waals surface area contributed by atoms with Gasteiger partial charge in [0, 0.05) is 53.9 Å². The molecule has 0 aliphatic carbocycles. The molecular formula is C32H30FN3O5S. The number of imide groups is 1. The maximum Gasteiger partial charge on any atom is 0.261 e. The minimum absolute atomic E-state index is 0.0442. The molecule has 0 unspecified atom stereocenters. The van der Waals surface area contributed by atoms with Crippen molar-refractivity contribution in [1.82, 2.24) is 9.21 Å². The monoisotopic (exact) mass is 587 g/mol. The summed E-state index contributed by atoms with van der Waals surface area (Å²) in [6.07, 6.45) is 0.228. The lowest BCUT2D eigenvalue weighted by molar-refractivity contribution is 0.0610. The van der Waals surface area contributed by atoms with Gasteiger partial charge in [0.1, 0.15) is 5.82 Å². The van der Waals surface area contributed by atoms with E-state index in [0.717, 1.165) is 5.39 Å². The Labute approximate surface area is 244 Å². The highest BCUT2D eigenvalue weighted by atomic mass is 32.2. The van der Waals surface area contributed by atoms with Crippen molar-refractivity contribution in [2.75, 3.05) is 31.1 Å². The smallest absolute Gasteiger partial charge is 0.261 e. The Morgan fingerprint density at radius 2 is 1.43 bits per heavy atom. The van der Waals surface area contributed by atoms with Crippen LogP contribution in [0.15, 0.2) is 89.8 Å². The Morgan fingerprint density at radius 3 is 2.00 bits per heavy atom. The molecule has 3 amide bonds. The lowest BCUT2D eigenvalue weighted by Crippen LogP contribution is -2.42. The Hall–Kier alpha value is -4.41. The highest BCUT2D eigenvalue weighted by Crippen LogP contribution is 2.30. The van der Waals surface area contributed by atoms with Crippen LogP contribution in [-0.4, -0.2) is 61.5 Å². The number of anilines is 1. The number of hydrogen-bond donors (Lipinski definition) is 0. The zero-order chi connectivity index (χ0) is 30.0. The molecule has 0 fully saturated rings. The van der Waals surface area contributed by atoms with Crippen molar-refractivity contribution in [2.24, 2.45) is 0 Å². The van der Waals surface area contributed by atoms with Crippen molar-refractivity contribution in [2.45, 2.75) is 25.2 Å². The number of benzene rings is 4. The minimum atomic E-state index is -3.70. The largest absolute Gasteiger partial charge is 0.308 e. The number of carbonyl (C=O) groups excluding carboxylic acids is 3. The van der Waals surface area contributed by atoms with Gasteiger partial charge in [-0.3, -0.25) is 19.3 Å². The van der Waals surface area contributed by atoms with E-state index in [1.807, 2.05) is 12.1 Å². The normalized spacial score (nSPS) is 13.2. The maximum atomic E-state index is 14.2. The van der Waals surface area contributed by atoms with Gasteiger partial charge in [-0.05, 0) is 66.4 Å². The van der Waals surface area contributed by atoms with Crippen molar-refractivity contribution in [3.05, 3.63) is 107 Å². The van der Waals surface area contributed by atoms with Crippen LogP contribution in [0.4, 0.5) is 10.1 Å². The molecule has 0 spiro atoms. The molecule has 42 heavy (non-hydrogen) atoms. The summed E-state index contributed by atoms with van der Waals surface area (Å²) in [4.78, 5) is 42.8. The first-order chi connectivity index (χ1) is 20.2. The average molecular weight is 588 g/mol. The summed E-state index contributed by atoms with van der Waals surface area (Å²) in [5, 5.41) is 1.44. The van der Waals surface area contributed by atoms with Gasteiger partial charge >= 0.3 is 0 Å². The molecule has 1 aliphatic rings. The van der Waals surface area contributed by atoms with E-state index in [1.54, 1.807) is 44.2 Å². The first-order valence-corrected chi connectivity index (χ1v) is 15.2. The third kappa shape index (κ3) is 5.31. The topological polar surface area (TPSA) is 95.1 Å². The summed E-state index contributed by atoms with van der Waals surface area (Å²) in [6.45, 7) is 4.25. The Bertz CT molecular complexity index is 1740. The quantitative estimate of drug-likeness (QED) is 0.234. The summed E-state index contributed by atoms with van der Waals surface area (Å²) >= 11 is 0. The van der Waals surface area contributed by atoms with Crippen LogP contribution in [0.3, 0.4) is 0 Å². The van der Waals surface area contributed by atoms with Crippen LogP contribution in [-0.2, 0) is 10.0 Å². The third-order valence-electron chi connectivity index (χ3n) is 7.43. The van der Waals surface area contributed by atoms with Crippen LogP contribution in [0.1, 0.15) is 51.3 Å². The van der Waals surface area contributed by atoms with E-state index in [-0.39, 0.29) is 30.0 Å².